The maximum atomic E-state index is 13.1. The van der Waals surface area contributed by atoms with Gasteiger partial charge in [0.2, 0.25) is 0 Å². The number of benzene rings is 3. The fourth-order valence-corrected chi connectivity index (χ4v) is 3.08. The van der Waals surface area contributed by atoms with E-state index in [0.29, 0.717) is 16.7 Å². The van der Waals surface area contributed by atoms with Gasteiger partial charge in [0, 0.05) is 5.56 Å². The van der Waals surface area contributed by atoms with Gasteiger partial charge in [-0.25, -0.2) is 4.98 Å². The third-order valence-corrected chi connectivity index (χ3v) is 4.90. The summed E-state index contributed by atoms with van der Waals surface area (Å²) >= 11 is 0. The lowest BCUT2D eigenvalue weighted by molar-refractivity contribution is 0.217. The van der Waals surface area contributed by atoms with Crippen molar-refractivity contribution in [2.24, 2.45) is 5.10 Å². The minimum Gasteiger partial charge on any atom is -0.491 e. The Hall–Kier alpha value is -3.73. The number of para-hydroxylation sites is 1. The molecule has 0 spiro atoms. The summed E-state index contributed by atoms with van der Waals surface area (Å²) in [6.07, 6.45) is 2.78. The van der Waals surface area contributed by atoms with E-state index >= 15 is 0 Å². The zero-order chi connectivity index (χ0) is 20.9. The lowest BCUT2D eigenvalue weighted by Crippen LogP contribution is -2.20. The van der Waals surface area contributed by atoms with E-state index in [9.17, 15) is 4.79 Å². The molecule has 5 heteroatoms. The molecule has 0 aliphatic carbocycles. The number of rotatable bonds is 6. The van der Waals surface area contributed by atoms with E-state index in [0.717, 1.165) is 23.3 Å². The van der Waals surface area contributed by atoms with Crippen LogP contribution in [-0.2, 0) is 0 Å². The van der Waals surface area contributed by atoms with Crippen molar-refractivity contribution in [3.63, 3.8) is 0 Å². The van der Waals surface area contributed by atoms with Crippen molar-refractivity contribution in [1.29, 1.82) is 0 Å². The van der Waals surface area contributed by atoms with Gasteiger partial charge in [-0.15, -0.1) is 0 Å². The van der Waals surface area contributed by atoms with E-state index in [1.807, 2.05) is 79.7 Å². The van der Waals surface area contributed by atoms with E-state index in [4.69, 9.17) is 9.72 Å². The first-order valence-corrected chi connectivity index (χ1v) is 10.0. The molecule has 0 amide bonds. The molecule has 4 rings (SSSR count). The zero-order valence-electron chi connectivity index (χ0n) is 17.0. The first-order valence-electron chi connectivity index (χ1n) is 10.0. The molecule has 0 aliphatic heterocycles. The van der Waals surface area contributed by atoms with Crippen LogP contribution in [0.2, 0.25) is 0 Å². The fraction of sp³-hybridized carbons (Fsp3) is 0.160. The number of hydrogen-bond donors (Lipinski definition) is 0. The molecule has 1 atom stereocenters. The minimum absolute atomic E-state index is 0.167. The van der Waals surface area contributed by atoms with E-state index in [1.165, 1.54) is 4.68 Å². The fourth-order valence-electron chi connectivity index (χ4n) is 3.08. The van der Waals surface area contributed by atoms with Gasteiger partial charge in [-0.1, -0.05) is 49.4 Å². The maximum absolute atomic E-state index is 13.1. The lowest BCUT2D eigenvalue weighted by Gasteiger charge is -2.12. The Kier molecular flexibility index (Phi) is 5.70. The molecule has 0 unspecified atom stereocenters. The first-order chi connectivity index (χ1) is 14.7. The average molecular weight is 397 g/mol. The van der Waals surface area contributed by atoms with E-state index in [1.54, 1.807) is 12.3 Å². The largest absolute Gasteiger partial charge is 0.491 e. The highest BCUT2D eigenvalue weighted by molar-refractivity contribution is 5.82. The van der Waals surface area contributed by atoms with Crippen molar-refractivity contribution in [2.45, 2.75) is 26.4 Å². The van der Waals surface area contributed by atoms with Crippen LogP contribution in [0.15, 0.2) is 88.8 Å². The topological polar surface area (TPSA) is 56.5 Å². The summed E-state index contributed by atoms with van der Waals surface area (Å²) in [5.41, 5.74) is 2.15. The SMILES string of the molecule is CC[C@H](C)Oc1ccc(C=Nn2c(-c3ccccc3)nc3ccccc3c2=O)cc1. The molecule has 0 radical (unpaired) electrons. The van der Waals surface area contributed by atoms with E-state index < -0.39 is 0 Å². The van der Waals surface area contributed by atoms with Crippen LogP contribution in [0.4, 0.5) is 0 Å². The first kappa shape index (κ1) is 19.6. The molecular formula is C25H23N3O2. The summed E-state index contributed by atoms with van der Waals surface area (Å²) in [6, 6.07) is 24.6. The molecule has 5 nitrogen and oxygen atoms in total. The third-order valence-electron chi connectivity index (χ3n) is 4.90. The number of aromatic nitrogens is 2. The predicted octanol–water partition coefficient (Wildman–Crippen LogP) is 5.12. The van der Waals surface area contributed by atoms with Gasteiger partial charge >= 0.3 is 0 Å². The van der Waals surface area contributed by atoms with Crippen LogP contribution >= 0.6 is 0 Å². The number of nitrogens with zero attached hydrogens (tertiary/aromatic N) is 3. The number of ether oxygens (including phenoxy) is 1. The molecule has 0 bridgehead atoms. The standard InChI is InChI=1S/C25H23N3O2/c1-3-18(2)30-21-15-13-19(14-16-21)17-26-28-24(20-9-5-4-6-10-20)27-23-12-8-7-11-22(23)25(28)29/h4-18H,3H2,1-2H3/t18-/m0/s1. The van der Waals surface area contributed by atoms with Crippen LogP contribution in [0.1, 0.15) is 25.8 Å². The predicted molar refractivity (Wildman–Crippen MR) is 121 cm³/mol. The second kappa shape index (κ2) is 8.74. The summed E-state index contributed by atoms with van der Waals surface area (Å²) in [4.78, 5) is 17.8. The molecule has 4 aromatic rings. The molecule has 0 saturated heterocycles. The van der Waals surface area contributed by atoms with Crippen molar-refractivity contribution in [3.8, 4) is 17.1 Å². The van der Waals surface area contributed by atoms with Crippen molar-refractivity contribution >= 4 is 17.1 Å². The van der Waals surface area contributed by atoms with Gasteiger partial charge in [0.15, 0.2) is 5.82 Å². The highest BCUT2D eigenvalue weighted by Crippen LogP contribution is 2.19. The Morgan fingerprint density at radius 2 is 1.70 bits per heavy atom. The van der Waals surface area contributed by atoms with Crippen LogP contribution in [0.3, 0.4) is 0 Å². The Balaban J connectivity index is 1.74. The van der Waals surface area contributed by atoms with Crippen molar-refractivity contribution < 1.29 is 4.74 Å². The Labute approximate surface area is 175 Å². The van der Waals surface area contributed by atoms with Crippen molar-refractivity contribution in [1.82, 2.24) is 9.66 Å². The highest BCUT2D eigenvalue weighted by Gasteiger charge is 2.12. The van der Waals surface area contributed by atoms with Gasteiger partial charge in [0.25, 0.3) is 5.56 Å². The van der Waals surface area contributed by atoms with E-state index in [2.05, 4.69) is 12.0 Å². The maximum Gasteiger partial charge on any atom is 0.282 e. The van der Waals surface area contributed by atoms with Crippen LogP contribution in [0.5, 0.6) is 5.75 Å². The molecular weight excluding hydrogens is 374 g/mol. The molecule has 3 aromatic carbocycles. The summed E-state index contributed by atoms with van der Waals surface area (Å²) in [7, 11) is 0. The zero-order valence-corrected chi connectivity index (χ0v) is 17.0. The van der Waals surface area contributed by atoms with Crippen LogP contribution < -0.4 is 10.3 Å². The highest BCUT2D eigenvalue weighted by atomic mass is 16.5. The second-order valence-electron chi connectivity index (χ2n) is 7.09. The molecule has 150 valence electrons. The van der Waals surface area contributed by atoms with Crippen LogP contribution in [0, 0.1) is 0 Å². The van der Waals surface area contributed by atoms with Crippen molar-refractivity contribution in [3.05, 3.63) is 94.8 Å². The van der Waals surface area contributed by atoms with Gasteiger partial charge in [-0.3, -0.25) is 4.79 Å². The molecule has 0 aliphatic rings. The summed E-state index contributed by atoms with van der Waals surface area (Å²) in [5.74, 6) is 1.32. The Morgan fingerprint density at radius 3 is 2.43 bits per heavy atom. The Bertz CT molecular complexity index is 1230. The van der Waals surface area contributed by atoms with Gasteiger partial charge in [0.05, 0.1) is 23.2 Å². The minimum atomic E-state index is -0.201. The van der Waals surface area contributed by atoms with Gasteiger partial charge in [-0.05, 0) is 55.3 Å². The van der Waals surface area contributed by atoms with Gasteiger partial charge in [-0.2, -0.15) is 9.78 Å². The average Bonchev–Trinajstić information content (AvgIpc) is 2.80. The second-order valence-corrected chi connectivity index (χ2v) is 7.09. The normalized spacial score (nSPS) is 12.3. The summed E-state index contributed by atoms with van der Waals surface area (Å²) in [6.45, 7) is 4.13. The molecule has 1 heterocycles. The molecule has 0 saturated carbocycles. The smallest absolute Gasteiger partial charge is 0.282 e. The quantitative estimate of drug-likeness (QED) is 0.424. The molecule has 0 fully saturated rings. The third kappa shape index (κ3) is 4.15. The number of fused-ring (bicyclic) bond motifs is 1. The Morgan fingerprint density at radius 1 is 1.00 bits per heavy atom. The lowest BCUT2D eigenvalue weighted by atomic mass is 10.2. The van der Waals surface area contributed by atoms with Crippen molar-refractivity contribution in [2.75, 3.05) is 0 Å². The summed E-state index contributed by atoms with van der Waals surface area (Å²) in [5, 5.41) is 5.02. The van der Waals surface area contributed by atoms with Gasteiger partial charge < -0.3 is 4.74 Å². The summed E-state index contributed by atoms with van der Waals surface area (Å²) < 4.78 is 7.18. The van der Waals surface area contributed by atoms with Gasteiger partial charge in [0.1, 0.15) is 5.75 Å². The molecule has 1 aromatic heterocycles. The number of hydrogen-bond acceptors (Lipinski definition) is 4. The molecule has 0 N–H and O–H groups in total. The molecule has 30 heavy (non-hydrogen) atoms. The van der Waals surface area contributed by atoms with E-state index in [-0.39, 0.29) is 11.7 Å². The van der Waals surface area contributed by atoms with Crippen LogP contribution in [-0.4, -0.2) is 22.0 Å². The monoisotopic (exact) mass is 397 g/mol. The van der Waals surface area contributed by atoms with Crippen LogP contribution in [0.25, 0.3) is 22.3 Å².